The predicted molar refractivity (Wildman–Crippen MR) is 87.3 cm³/mol. The normalized spacial score (nSPS) is 13.6. The number of ether oxygens (including phenoxy) is 2. The summed E-state index contributed by atoms with van der Waals surface area (Å²) in [6.07, 6.45) is -1.01. The van der Waals surface area contributed by atoms with Crippen LogP contribution in [-0.4, -0.2) is 35.9 Å². The van der Waals surface area contributed by atoms with Crippen LogP contribution in [0.5, 0.6) is 0 Å². The Morgan fingerprint density at radius 3 is 2.40 bits per heavy atom. The summed E-state index contributed by atoms with van der Waals surface area (Å²) in [7, 11) is -4.35. The highest BCUT2D eigenvalue weighted by Crippen LogP contribution is 2.46. The monoisotopic (exact) mass is 375 g/mol. The minimum Gasteiger partial charge on any atom is -0.460 e. The van der Waals surface area contributed by atoms with Crippen molar-refractivity contribution in [3.05, 3.63) is 35.9 Å². The number of alkyl carbamates (subject to hydrolysis) is 1. The topological polar surface area (TPSA) is 120 Å². The molecule has 25 heavy (non-hydrogen) atoms. The molecule has 0 saturated heterocycles. The molecule has 0 aromatic heterocycles. The summed E-state index contributed by atoms with van der Waals surface area (Å²) < 4.78 is 30.2. The van der Waals surface area contributed by atoms with Gasteiger partial charge in [-0.1, -0.05) is 30.3 Å². The molecule has 1 rings (SSSR count). The Kier molecular flexibility index (Phi) is 8.05. The fourth-order valence-electron chi connectivity index (χ4n) is 1.50. The Morgan fingerprint density at radius 1 is 1.16 bits per heavy atom. The molecule has 140 valence electrons. The molecule has 0 saturated carbocycles. The molecule has 0 radical (unpaired) electrons. The lowest BCUT2D eigenvalue weighted by Crippen LogP contribution is -2.31. The van der Waals surface area contributed by atoms with Crippen molar-refractivity contribution in [2.24, 2.45) is 0 Å². The van der Waals surface area contributed by atoms with Gasteiger partial charge in [0.2, 0.25) is 6.79 Å². The number of carbonyl (C=O) groups is 2. The van der Waals surface area contributed by atoms with Gasteiger partial charge in [0.15, 0.2) is 0 Å². The second-order valence-electron chi connectivity index (χ2n) is 5.85. The third-order valence-corrected chi connectivity index (χ3v) is 3.62. The van der Waals surface area contributed by atoms with Gasteiger partial charge in [-0.15, -0.1) is 0 Å². The molecular weight excluding hydrogens is 353 g/mol. The number of nitrogens with one attached hydrogen (secondary N) is 1. The van der Waals surface area contributed by atoms with Gasteiger partial charge >= 0.3 is 19.9 Å². The van der Waals surface area contributed by atoms with E-state index < -0.39 is 38.8 Å². The maximum atomic E-state index is 11.5. The van der Waals surface area contributed by atoms with Crippen LogP contribution < -0.4 is 5.32 Å². The highest BCUT2D eigenvalue weighted by Gasteiger charge is 2.29. The first-order chi connectivity index (χ1) is 11.6. The summed E-state index contributed by atoms with van der Waals surface area (Å²) in [5.41, 5.74) is -0.0981. The molecule has 1 amide bonds. The van der Waals surface area contributed by atoms with Crippen LogP contribution in [0.4, 0.5) is 4.79 Å². The highest BCUT2D eigenvalue weighted by atomic mass is 31.2. The molecule has 10 heteroatoms. The molecular formula is C15H22NO8P. The zero-order valence-electron chi connectivity index (χ0n) is 14.3. The van der Waals surface area contributed by atoms with E-state index in [0.717, 1.165) is 5.56 Å². The molecule has 0 heterocycles. The summed E-state index contributed by atoms with van der Waals surface area (Å²) in [5.74, 6) is -0.661. The van der Waals surface area contributed by atoms with Crippen molar-refractivity contribution in [2.75, 3.05) is 13.3 Å². The smallest absolute Gasteiger partial charge is 0.460 e. The number of amides is 1. The van der Waals surface area contributed by atoms with Gasteiger partial charge < -0.3 is 19.7 Å². The van der Waals surface area contributed by atoms with E-state index >= 15 is 0 Å². The number of esters is 1. The van der Waals surface area contributed by atoms with Crippen molar-refractivity contribution < 1.29 is 37.6 Å². The molecule has 0 spiro atoms. The largest absolute Gasteiger partial charge is 0.475 e. The molecule has 0 aliphatic heterocycles. The number of hydrogen-bond donors (Lipinski definition) is 2. The molecule has 1 aromatic carbocycles. The molecule has 0 aliphatic rings. The third-order valence-electron chi connectivity index (χ3n) is 2.41. The second-order valence-corrected chi connectivity index (χ2v) is 7.23. The minimum absolute atomic E-state index is 0.0807. The van der Waals surface area contributed by atoms with Crippen LogP contribution >= 0.6 is 7.82 Å². The summed E-state index contributed by atoms with van der Waals surface area (Å²) in [6, 6.07) is 9.03. The zero-order chi connectivity index (χ0) is 18.9. The lowest BCUT2D eigenvalue weighted by molar-refractivity contribution is -0.143. The van der Waals surface area contributed by atoms with Crippen LogP contribution in [0.15, 0.2) is 30.3 Å². The third kappa shape index (κ3) is 10.5. The molecule has 9 nitrogen and oxygen atoms in total. The van der Waals surface area contributed by atoms with Crippen LogP contribution in [-0.2, 0) is 34.5 Å². The number of phosphoric ester groups is 1. The van der Waals surface area contributed by atoms with Gasteiger partial charge in [0.25, 0.3) is 0 Å². The molecule has 1 aromatic rings. The predicted octanol–water partition coefficient (Wildman–Crippen LogP) is 2.35. The average molecular weight is 375 g/mol. The molecule has 0 bridgehead atoms. The highest BCUT2D eigenvalue weighted by molar-refractivity contribution is 7.47. The van der Waals surface area contributed by atoms with E-state index in [0.29, 0.717) is 0 Å². The van der Waals surface area contributed by atoms with Crippen molar-refractivity contribution in [2.45, 2.75) is 33.0 Å². The Morgan fingerprint density at radius 2 is 1.80 bits per heavy atom. The van der Waals surface area contributed by atoms with E-state index in [1.807, 2.05) is 18.2 Å². The Bertz CT molecular complexity index is 614. The number of carbonyl (C=O) groups excluding carboxylic acids is 2. The van der Waals surface area contributed by atoms with Crippen LogP contribution in [0.1, 0.15) is 26.3 Å². The van der Waals surface area contributed by atoms with Gasteiger partial charge in [-0.2, -0.15) is 0 Å². The van der Waals surface area contributed by atoms with E-state index in [4.69, 9.17) is 9.26 Å². The van der Waals surface area contributed by atoms with Gasteiger partial charge in [-0.05, 0) is 26.3 Å². The Labute approximate surface area is 145 Å². The zero-order valence-corrected chi connectivity index (χ0v) is 15.2. The molecule has 0 aliphatic carbocycles. The van der Waals surface area contributed by atoms with Gasteiger partial charge in [0.1, 0.15) is 13.2 Å². The van der Waals surface area contributed by atoms with E-state index in [9.17, 15) is 19.0 Å². The maximum Gasteiger partial charge on any atom is 0.475 e. The van der Waals surface area contributed by atoms with Gasteiger partial charge in [0.05, 0.1) is 5.60 Å². The van der Waals surface area contributed by atoms with Crippen LogP contribution in [0, 0.1) is 0 Å². The maximum absolute atomic E-state index is 11.5. The minimum atomic E-state index is -4.35. The van der Waals surface area contributed by atoms with Crippen molar-refractivity contribution >= 4 is 19.9 Å². The van der Waals surface area contributed by atoms with Crippen LogP contribution in [0.2, 0.25) is 0 Å². The van der Waals surface area contributed by atoms with Crippen molar-refractivity contribution in [3.8, 4) is 0 Å². The molecule has 0 fully saturated rings. The van der Waals surface area contributed by atoms with Crippen molar-refractivity contribution in [1.82, 2.24) is 5.32 Å². The fraction of sp³-hybridized carbons (Fsp3) is 0.467. The molecule has 1 unspecified atom stereocenters. The summed E-state index contributed by atoms with van der Waals surface area (Å²) in [6.45, 7) is 3.54. The summed E-state index contributed by atoms with van der Waals surface area (Å²) >= 11 is 0. The van der Waals surface area contributed by atoms with Gasteiger partial charge in [0, 0.05) is 0 Å². The Balaban J connectivity index is 2.20. The first-order valence-corrected chi connectivity index (χ1v) is 8.85. The van der Waals surface area contributed by atoms with Crippen molar-refractivity contribution in [1.29, 1.82) is 0 Å². The van der Waals surface area contributed by atoms with E-state index in [-0.39, 0.29) is 6.61 Å². The van der Waals surface area contributed by atoms with E-state index in [2.05, 4.69) is 14.6 Å². The molecule has 1 atom stereocenters. The SMILES string of the molecule is CC(C)(C)OP(=O)(O)OCOC(=O)NCC(=O)OCc1ccccc1. The summed E-state index contributed by atoms with van der Waals surface area (Å²) in [5, 5.41) is 2.13. The lowest BCUT2D eigenvalue weighted by Gasteiger charge is -2.22. The number of rotatable bonds is 8. The summed E-state index contributed by atoms with van der Waals surface area (Å²) in [4.78, 5) is 32.2. The average Bonchev–Trinajstić information content (AvgIpc) is 2.49. The number of phosphoric acid groups is 1. The second kappa shape index (κ2) is 9.53. The fourth-order valence-corrected chi connectivity index (χ4v) is 2.43. The van der Waals surface area contributed by atoms with Crippen LogP contribution in [0.3, 0.4) is 0 Å². The molecule has 2 N–H and O–H groups in total. The first kappa shape index (κ1) is 21.1. The quantitative estimate of drug-likeness (QED) is 0.404. The van der Waals surface area contributed by atoms with E-state index in [1.165, 1.54) is 0 Å². The van der Waals surface area contributed by atoms with Crippen LogP contribution in [0.25, 0.3) is 0 Å². The van der Waals surface area contributed by atoms with Gasteiger partial charge in [-0.3, -0.25) is 9.32 Å². The number of hydrogen-bond acceptors (Lipinski definition) is 7. The van der Waals surface area contributed by atoms with Crippen molar-refractivity contribution in [3.63, 3.8) is 0 Å². The lowest BCUT2D eigenvalue weighted by atomic mass is 10.2. The number of benzene rings is 1. The first-order valence-electron chi connectivity index (χ1n) is 7.36. The standard InChI is InChI=1S/C15H22NO8P/c1-15(2,3)24-25(19,20)23-11-22-14(18)16-9-13(17)21-10-12-7-5-4-6-8-12/h4-8H,9-11H2,1-3H3,(H,16,18)(H,19,20). The van der Waals surface area contributed by atoms with Gasteiger partial charge in [-0.25, -0.2) is 13.9 Å². The Hall–Kier alpha value is -1.93. The van der Waals surface area contributed by atoms with E-state index in [1.54, 1.807) is 32.9 Å².